The molecular formula is C16H25N3O2S2. The van der Waals surface area contributed by atoms with Gasteiger partial charge in [0.1, 0.15) is 0 Å². The van der Waals surface area contributed by atoms with Crippen LogP contribution in [0.2, 0.25) is 0 Å². The number of carbonyl (C=O) groups excluding carboxylic acids is 1. The lowest BCUT2D eigenvalue weighted by molar-refractivity contribution is -0.0250. The van der Waals surface area contributed by atoms with Gasteiger partial charge in [0.2, 0.25) is 0 Å². The molecule has 2 fully saturated rings. The van der Waals surface area contributed by atoms with Gasteiger partial charge in [0.05, 0.1) is 19.8 Å². The summed E-state index contributed by atoms with van der Waals surface area (Å²) in [6, 6.07) is 3.98. The lowest BCUT2D eigenvalue weighted by Gasteiger charge is -2.48. The second-order valence-electron chi connectivity index (χ2n) is 6.05. The number of thioether (sulfide) groups is 1. The minimum Gasteiger partial charge on any atom is -0.379 e. The lowest BCUT2D eigenvalue weighted by Crippen LogP contribution is -2.61. The van der Waals surface area contributed by atoms with Crippen LogP contribution in [0, 0.1) is 0 Å². The molecule has 0 spiro atoms. The molecule has 0 radical (unpaired) electrons. The van der Waals surface area contributed by atoms with E-state index in [1.54, 1.807) is 11.3 Å². The third kappa shape index (κ3) is 4.62. The molecule has 128 valence electrons. The zero-order valence-corrected chi connectivity index (χ0v) is 15.0. The maximum Gasteiger partial charge on any atom is 0.315 e. The summed E-state index contributed by atoms with van der Waals surface area (Å²) in [7, 11) is 0. The Kier molecular flexibility index (Phi) is 6.21. The van der Waals surface area contributed by atoms with Crippen LogP contribution >= 0.6 is 23.1 Å². The Labute approximate surface area is 146 Å². The third-order valence-corrected chi connectivity index (χ3v) is 6.55. The molecule has 23 heavy (non-hydrogen) atoms. The number of carbonyl (C=O) groups is 1. The number of nitrogens with zero attached hydrogens (tertiary/aromatic N) is 1. The molecule has 0 saturated carbocycles. The maximum absolute atomic E-state index is 12.1. The van der Waals surface area contributed by atoms with Gasteiger partial charge in [0.15, 0.2) is 0 Å². The van der Waals surface area contributed by atoms with Crippen molar-refractivity contribution in [3.8, 4) is 0 Å². The van der Waals surface area contributed by atoms with E-state index >= 15 is 0 Å². The summed E-state index contributed by atoms with van der Waals surface area (Å²) in [5, 5.41) is 8.10. The lowest BCUT2D eigenvalue weighted by atomic mass is 9.89. The molecule has 2 aliphatic heterocycles. The molecule has 1 aromatic heterocycles. The average Bonchev–Trinajstić information content (AvgIpc) is 3.13. The van der Waals surface area contributed by atoms with E-state index in [-0.39, 0.29) is 11.6 Å². The van der Waals surface area contributed by atoms with Crippen LogP contribution in [0.1, 0.15) is 17.7 Å². The summed E-state index contributed by atoms with van der Waals surface area (Å²) in [5.74, 6) is 2.35. The zero-order valence-electron chi connectivity index (χ0n) is 13.4. The van der Waals surface area contributed by atoms with Crippen LogP contribution in [-0.2, 0) is 11.3 Å². The van der Waals surface area contributed by atoms with Gasteiger partial charge in [-0.25, -0.2) is 4.79 Å². The number of rotatable bonds is 5. The predicted octanol–water partition coefficient (Wildman–Crippen LogP) is 2.15. The minimum atomic E-state index is -0.0655. The Morgan fingerprint density at radius 1 is 1.26 bits per heavy atom. The van der Waals surface area contributed by atoms with Crippen molar-refractivity contribution < 1.29 is 9.53 Å². The zero-order chi connectivity index (χ0) is 16.0. The van der Waals surface area contributed by atoms with Crippen molar-refractivity contribution in [3.63, 3.8) is 0 Å². The molecule has 0 unspecified atom stereocenters. The first-order chi connectivity index (χ1) is 11.3. The van der Waals surface area contributed by atoms with Crippen LogP contribution in [0.3, 0.4) is 0 Å². The minimum absolute atomic E-state index is 0.0655. The molecule has 7 heteroatoms. The Balaban J connectivity index is 1.52. The summed E-state index contributed by atoms with van der Waals surface area (Å²) in [4.78, 5) is 15.9. The average molecular weight is 356 g/mol. The normalized spacial score (nSPS) is 21.7. The second-order valence-corrected chi connectivity index (χ2v) is 8.31. The van der Waals surface area contributed by atoms with Gasteiger partial charge in [0.25, 0.3) is 0 Å². The first-order valence-electron chi connectivity index (χ1n) is 8.23. The number of hydrogen-bond donors (Lipinski definition) is 2. The van der Waals surface area contributed by atoms with Gasteiger partial charge in [-0.2, -0.15) is 11.8 Å². The fourth-order valence-electron chi connectivity index (χ4n) is 3.28. The van der Waals surface area contributed by atoms with Crippen molar-refractivity contribution >= 4 is 29.1 Å². The Morgan fingerprint density at radius 3 is 2.74 bits per heavy atom. The fourth-order valence-corrected chi connectivity index (χ4v) is 5.18. The summed E-state index contributed by atoms with van der Waals surface area (Å²) in [6.45, 7) is 4.89. The molecule has 0 aliphatic carbocycles. The van der Waals surface area contributed by atoms with Gasteiger partial charge in [-0.15, -0.1) is 11.3 Å². The number of thiophene rings is 1. The van der Waals surface area contributed by atoms with Gasteiger partial charge in [-0.1, -0.05) is 6.07 Å². The Bertz CT molecular complexity index is 484. The van der Waals surface area contributed by atoms with E-state index in [1.807, 2.05) is 29.3 Å². The van der Waals surface area contributed by atoms with Crippen molar-refractivity contribution in [2.75, 3.05) is 44.4 Å². The van der Waals surface area contributed by atoms with E-state index in [2.05, 4.69) is 15.5 Å². The number of hydrogen-bond acceptors (Lipinski definition) is 5. The van der Waals surface area contributed by atoms with Crippen molar-refractivity contribution in [2.45, 2.75) is 24.9 Å². The van der Waals surface area contributed by atoms with Crippen LogP contribution in [0.25, 0.3) is 0 Å². The van der Waals surface area contributed by atoms with Crippen LogP contribution in [0.5, 0.6) is 0 Å². The van der Waals surface area contributed by atoms with Crippen molar-refractivity contribution in [3.05, 3.63) is 22.4 Å². The summed E-state index contributed by atoms with van der Waals surface area (Å²) in [5.41, 5.74) is 0.106. The van der Waals surface area contributed by atoms with E-state index in [1.165, 1.54) is 16.4 Å². The van der Waals surface area contributed by atoms with Crippen molar-refractivity contribution in [2.24, 2.45) is 0 Å². The Hall–Kier alpha value is -0.760. The molecule has 2 amide bonds. The van der Waals surface area contributed by atoms with E-state index in [0.717, 1.165) is 45.7 Å². The summed E-state index contributed by atoms with van der Waals surface area (Å²) >= 11 is 3.68. The summed E-state index contributed by atoms with van der Waals surface area (Å²) in [6.07, 6.45) is 2.28. The maximum atomic E-state index is 12.1. The molecule has 3 heterocycles. The molecule has 5 nitrogen and oxygen atoms in total. The molecule has 3 rings (SSSR count). The highest BCUT2D eigenvalue weighted by molar-refractivity contribution is 7.99. The second kappa shape index (κ2) is 8.37. The first kappa shape index (κ1) is 17.1. The van der Waals surface area contributed by atoms with Crippen LogP contribution in [0.4, 0.5) is 4.79 Å². The molecule has 2 saturated heterocycles. The smallest absolute Gasteiger partial charge is 0.315 e. The molecule has 2 N–H and O–H groups in total. The number of morpholine rings is 1. The van der Waals surface area contributed by atoms with Gasteiger partial charge in [-0.3, -0.25) is 4.90 Å². The third-order valence-electron chi connectivity index (χ3n) is 4.69. The highest BCUT2D eigenvalue weighted by Gasteiger charge is 2.39. The molecule has 0 atom stereocenters. The standard InChI is InChI=1S/C16H25N3O2S2/c20-15(17-12-14-2-1-9-23-14)18-13-16(3-10-22-11-4-16)19-5-7-21-8-6-19/h1-2,9H,3-8,10-13H2,(H2,17,18,20). The fraction of sp³-hybridized carbons (Fsp3) is 0.688. The van der Waals surface area contributed by atoms with E-state index in [9.17, 15) is 4.79 Å². The summed E-state index contributed by atoms with van der Waals surface area (Å²) < 4.78 is 5.50. The first-order valence-corrected chi connectivity index (χ1v) is 10.3. The van der Waals surface area contributed by atoms with Crippen LogP contribution < -0.4 is 10.6 Å². The largest absolute Gasteiger partial charge is 0.379 e. The topological polar surface area (TPSA) is 53.6 Å². The number of amides is 2. The molecule has 1 aromatic rings. The molecular weight excluding hydrogens is 330 g/mol. The van der Waals surface area contributed by atoms with E-state index in [4.69, 9.17) is 4.74 Å². The monoisotopic (exact) mass is 355 g/mol. The molecule has 0 bridgehead atoms. The van der Waals surface area contributed by atoms with Crippen LogP contribution in [0.15, 0.2) is 17.5 Å². The quantitative estimate of drug-likeness (QED) is 0.850. The van der Waals surface area contributed by atoms with Gasteiger partial charge in [0, 0.05) is 30.1 Å². The van der Waals surface area contributed by atoms with Gasteiger partial charge >= 0.3 is 6.03 Å². The highest BCUT2D eigenvalue weighted by atomic mass is 32.2. The van der Waals surface area contributed by atoms with E-state index in [0.29, 0.717) is 6.54 Å². The highest BCUT2D eigenvalue weighted by Crippen LogP contribution is 2.32. The Morgan fingerprint density at radius 2 is 2.04 bits per heavy atom. The van der Waals surface area contributed by atoms with Gasteiger partial charge < -0.3 is 15.4 Å². The predicted molar refractivity (Wildman–Crippen MR) is 96.2 cm³/mol. The van der Waals surface area contributed by atoms with Gasteiger partial charge in [-0.05, 0) is 35.8 Å². The number of nitrogens with one attached hydrogen (secondary N) is 2. The van der Waals surface area contributed by atoms with Crippen molar-refractivity contribution in [1.82, 2.24) is 15.5 Å². The number of ether oxygens (including phenoxy) is 1. The SMILES string of the molecule is O=C(NCc1cccs1)NCC1(N2CCOCC2)CCSCC1. The number of urea groups is 1. The van der Waals surface area contributed by atoms with E-state index < -0.39 is 0 Å². The van der Waals surface area contributed by atoms with Crippen molar-refractivity contribution in [1.29, 1.82) is 0 Å². The van der Waals surface area contributed by atoms with Crippen LogP contribution in [-0.4, -0.2) is 60.8 Å². The molecule has 2 aliphatic rings. The molecule has 0 aromatic carbocycles.